The monoisotopic (exact) mass is 186 g/mol. The fourth-order valence-electron chi connectivity index (χ4n) is 1.80. The minimum atomic E-state index is -0.439. The van der Waals surface area contributed by atoms with Crippen LogP contribution in [0.2, 0.25) is 0 Å². The SMILES string of the molecule is CC(NOCC(N)=O)C1CCCC1. The van der Waals surface area contributed by atoms with E-state index in [0.29, 0.717) is 12.0 Å². The molecule has 76 valence electrons. The molecule has 0 aromatic rings. The van der Waals surface area contributed by atoms with Gasteiger partial charge in [-0.15, -0.1) is 0 Å². The normalized spacial score (nSPS) is 20.4. The van der Waals surface area contributed by atoms with Crippen LogP contribution in [0, 0.1) is 5.92 Å². The van der Waals surface area contributed by atoms with Crippen molar-refractivity contribution in [3.8, 4) is 0 Å². The molecule has 1 atom stereocenters. The molecule has 0 heterocycles. The zero-order valence-corrected chi connectivity index (χ0v) is 8.08. The molecule has 0 radical (unpaired) electrons. The first-order chi connectivity index (χ1) is 6.20. The molecule has 1 aliphatic carbocycles. The average Bonchev–Trinajstić information content (AvgIpc) is 2.55. The highest BCUT2D eigenvalue weighted by atomic mass is 16.6. The van der Waals surface area contributed by atoms with Gasteiger partial charge in [0.2, 0.25) is 5.91 Å². The van der Waals surface area contributed by atoms with Gasteiger partial charge in [-0.25, -0.2) is 0 Å². The third-order valence-electron chi connectivity index (χ3n) is 2.59. The third kappa shape index (κ3) is 3.74. The van der Waals surface area contributed by atoms with Crippen LogP contribution < -0.4 is 11.2 Å². The molecular weight excluding hydrogens is 168 g/mol. The van der Waals surface area contributed by atoms with E-state index in [9.17, 15) is 4.79 Å². The number of nitrogens with two attached hydrogens (primary N) is 1. The van der Waals surface area contributed by atoms with Gasteiger partial charge in [-0.2, -0.15) is 5.48 Å². The molecule has 1 aliphatic rings. The van der Waals surface area contributed by atoms with Crippen molar-refractivity contribution in [3.05, 3.63) is 0 Å². The molecule has 4 nitrogen and oxygen atoms in total. The van der Waals surface area contributed by atoms with Crippen molar-refractivity contribution < 1.29 is 9.63 Å². The molecule has 1 rings (SSSR count). The third-order valence-corrected chi connectivity index (χ3v) is 2.59. The summed E-state index contributed by atoms with van der Waals surface area (Å²) in [6.45, 7) is 2.04. The summed E-state index contributed by atoms with van der Waals surface area (Å²) in [6.07, 6.45) is 5.14. The number of nitrogens with one attached hydrogen (secondary N) is 1. The number of hydroxylamine groups is 1. The predicted molar refractivity (Wildman–Crippen MR) is 49.7 cm³/mol. The molecular formula is C9H18N2O2. The first-order valence-electron chi connectivity index (χ1n) is 4.86. The van der Waals surface area contributed by atoms with E-state index in [2.05, 4.69) is 12.4 Å². The molecule has 1 unspecified atom stereocenters. The van der Waals surface area contributed by atoms with Gasteiger partial charge in [0.15, 0.2) is 0 Å². The second kappa shape index (κ2) is 5.19. The summed E-state index contributed by atoms with van der Waals surface area (Å²) in [4.78, 5) is 15.3. The van der Waals surface area contributed by atoms with Gasteiger partial charge in [-0.05, 0) is 25.7 Å². The topological polar surface area (TPSA) is 64.3 Å². The number of hydrogen-bond donors (Lipinski definition) is 2. The molecule has 0 aromatic heterocycles. The van der Waals surface area contributed by atoms with Crippen LogP contribution >= 0.6 is 0 Å². The highest BCUT2D eigenvalue weighted by Gasteiger charge is 2.21. The number of primary amides is 1. The van der Waals surface area contributed by atoms with Gasteiger partial charge in [0.05, 0.1) is 0 Å². The lowest BCUT2D eigenvalue weighted by Crippen LogP contribution is -2.35. The highest BCUT2D eigenvalue weighted by Crippen LogP contribution is 2.27. The van der Waals surface area contributed by atoms with Gasteiger partial charge in [0, 0.05) is 6.04 Å². The fraction of sp³-hybridized carbons (Fsp3) is 0.889. The maximum absolute atomic E-state index is 10.4. The zero-order chi connectivity index (χ0) is 9.68. The first-order valence-corrected chi connectivity index (χ1v) is 4.86. The van der Waals surface area contributed by atoms with Gasteiger partial charge in [-0.1, -0.05) is 12.8 Å². The second-order valence-electron chi connectivity index (χ2n) is 3.71. The van der Waals surface area contributed by atoms with Crippen LogP contribution in [0.3, 0.4) is 0 Å². The molecule has 0 aromatic carbocycles. The molecule has 1 saturated carbocycles. The Balaban J connectivity index is 2.09. The van der Waals surface area contributed by atoms with Crippen molar-refractivity contribution in [3.63, 3.8) is 0 Å². The Labute approximate surface area is 78.8 Å². The standard InChI is InChI=1S/C9H18N2O2/c1-7(8-4-2-3-5-8)11-13-6-9(10)12/h7-8,11H,2-6H2,1H3,(H2,10,12). The lowest BCUT2D eigenvalue weighted by atomic mass is 10.0. The van der Waals surface area contributed by atoms with Gasteiger partial charge in [0.25, 0.3) is 0 Å². The van der Waals surface area contributed by atoms with Crippen LogP contribution in [0.4, 0.5) is 0 Å². The number of amides is 1. The number of rotatable bonds is 5. The van der Waals surface area contributed by atoms with E-state index >= 15 is 0 Å². The van der Waals surface area contributed by atoms with E-state index in [4.69, 9.17) is 10.6 Å². The summed E-state index contributed by atoms with van der Waals surface area (Å²) in [5.74, 6) is 0.249. The van der Waals surface area contributed by atoms with E-state index in [0.717, 1.165) is 0 Å². The van der Waals surface area contributed by atoms with Crippen LogP contribution in [-0.4, -0.2) is 18.6 Å². The maximum Gasteiger partial charge on any atom is 0.245 e. The second-order valence-corrected chi connectivity index (χ2v) is 3.71. The van der Waals surface area contributed by atoms with Gasteiger partial charge >= 0.3 is 0 Å². The van der Waals surface area contributed by atoms with Crippen LogP contribution in [0.1, 0.15) is 32.6 Å². The van der Waals surface area contributed by atoms with Crippen LogP contribution in [0.25, 0.3) is 0 Å². The molecule has 3 N–H and O–H groups in total. The van der Waals surface area contributed by atoms with Crippen molar-refractivity contribution in [2.75, 3.05) is 6.61 Å². The lowest BCUT2D eigenvalue weighted by molar-refractivity contribution is -0.126. The molecule has 0 saturated heterocycles. The maximum atomic E-state index is 10.4. The summed E-state index contributed by atoms with van der Waals surface area (Å²) in [6, 6.07) is 0.321. The van der Waals surface area contributed by atoms with E-state index in [1.807, 2.05) is 0 Å². The summed E-state index contributed by atoms with van der Waals surface area (Å²) in [5, 5.41) is 0. The van der Waals surface area contributed by atoms with E-state index in [-0.39, 0.29) is 6.61 Å². The Morgan fingerprint density at radius 2 is 2.23 bits per heavy atom. The molecule has 13 heavy (non-hydrogen) atoms. The van der Waals surface area contributed by atoms with Crippen molar-refractivity contribution >= 4 is 5.91 Å². The van der Waals surface area contributed by atoms with Crippen LogP contribution in [-0.2, 0) is 9.63 Å². The largest absolute Gasteiger partial charge is 0.368 e. The Hall–Kier alpha value is -0.610. The Morgan fingerprint density at radius 3 is 2.77 bits per heavy atom. The average molecular weight is 186 g/mol. The zero-order valence-electron chi connectivity index (χ0n) is 8.08. The quantitative estimate of drug-likeness (QED) is 0.617. The van der Waals surface area contributed by atoms with Gasteiger partial charge in [-0.3, -0.25) is 9.63 Å². The van der Waals surface area contributed by atoms with Gasteiger partial charge < -0.3 is 5.73 Å². The molecule has 0 spiro atoms. The smallest absolute Gasteiger partial charge is 0.245 e. The first kappa shape index (κ1) is 10.5. The summed E-state index contributed by atoms with van der Waals surface area (Å²) < 4.78 is 0. The number of carbonyl (C=O) groups excluding carboxylic acids is 1. The van der Waals surface area contributed by atoms with Crippen molar-refractivity contribution in [1.29, 1.82) is 0 Å². The lowest BCUT2D eigenvalue weighted by Gasteiger charge is -2.19. The van der Waals surface area contributed by atoms with E-state index in [1.165, 1.54) is 25.7 Å². The van der Waals surface area contributed by atoms with Crippen LogP contribution in [0.15, 0.2) is 0 Å². The highest BCUT2D eigenvalue weighted by molar-refractivity contribution is 5.74. The van der Waals surface area contributed by atoms with Crippen molar-refractivity contribution in [2.24, 2.45) is 11.7 Å². The summed E-state index contributed by atoms with van der Waals surface area (Å²) >= 11 is 0. The predicted octanol–water partition coefficient (Wildman–Crippen LogP) is 0.572. The minimum absolute atomic E-state index is 0.0446. The van der Waals surface area contributed by atoms with Crippen molar-refractivity contribution in [1.82, 2.24) is 5.48 Å². The summed E-state index contributed by atoms with van der Waals surface area (Å²) in [5.41, 5.74) is 7.78. The number of hydrogen-bond acceptors (Lipinski definition) is 3. The van der Waals surface area contributed by atoms with Crippen molar-refractivity contribution in [2.45, 2.75) is 38.6 Å². The summed E-state index contributed by atoms with van der Waals surface area (Å²) in [7, 11) is 0. The molecule has 0 bridgehead atoms. The Kier molecular flexibility index (Phi) is 4.18. The Morgan fingerprint density at radius 1 is 1.62 bits per heavy atom. The molecule has 0 aliphatic heterocycles. The molecule has 1 amide bonds. The fourth-order valence-corrected chi connectivity index (χ4v) is 1.80. The van der Waals surface area contributed by atoms with Crippen LogP contribution in [0.5, 0.6) is 0 Å². The molecule has 1 fully saturated rings. The van der Waals surface area contributed by atoms with Gasteiger partial charge in [0.1, 0.15) is 6.61 Å². The van der Waals surface area contributed by atoms with E-state index in [1.54, 1.807) is 0 Å². The molecule has 4 heteroatoms. The van der Waals surface area contributed by atoms with E-state index < -0.39 is 5.91 Å². The Bertz CT molecular complexity index is 167. The number of carbonyl (C=O) groups is 1. The minimum Gasteiger partial charge on any atom is -0.368 e.